The van der Waals surface area contributed by atoms with Crippen molar-refractivity contribution in [3.8, 4) is 0 Å². The van der Waals surface area contributed by atoms with Crippen molar-refractivity contribution in [2.45, 2.75) is 37.9 Å². The highest BCUT2D eigenvalue weighted by Crippen LogP contribution is 2.47. The number of hydrogen-bond acceptors (Lipinski definition) is 3. The first-order valence-electron chi connectivity index (χ1n) is 9.14. The number of aliphatic imine (C=N–C) groups is 1. The van der Waals surface area contributed by atoms with Gasteiger partial charge in [-0.3, -0.25) is 4.99 Å². The minimum atomic E-state index is -3.03. The standard InChI is InChI=1S/C19H29N3O2S/c1-4-20-18(22-10-11-25(23,24)19(2,3)14-22)21-13-16-12-17(16)15-8-6-5-7-9-15/h5-9,16-17H,4,10-14H2,1-3H3,(H,20,21). The van der Waals surface area contributed by atoms with Crippen molar-refractivity contribution >= 4 is 15.8 Å². The Bertz CT molecular complexity index is 728. The Kier molecular flexibility index (Phi) is 5.09. The van der Waals surface area contributed by atoms with E-state index in [-0.39, 0.29) is 5.75 Å². The Morgan fingerprint density at radius 2 is 2.04 bits per heavy atom. The third-order valence-corrected chi connectivity index (χ3v) is 7.84. The molecule has 1 aromatic carbocycles. The van der Waals surface area contributed by atoms with Gasteiger partial charge in [-0.25, -0.2) is 8.42 Å². The molecular formula is C19H29N3O2S. The molecule has 1 saturated heterocycles. The van der Waals surface area contributed by atoms with Crippen LogP contribution in [0.3, 0.4) is 0 Å². The number of nitrogens with zero attached hydrogens (tertiary/aromatic N) is 2. The van der Waals surface area contributed by atoms with Gasteiger partial charge in [-0.2, -0.15) is 0 Å². The van der Waals surface area contributed by atoms with E-state index in [1.807, 2.05) is 20.8 Å². The summed E-state index contributed by atoms with van der Waals surface area (Å²) in [6.45, 7) is 8.26. The predicted octanol–water partition coefficient (Wildman–Crippen LogP) is 2.26. The van der Waals surface area contributed by atoms with E-state index in [0.29, 0.717) is 24.9 Å². The van der Waals surface area contributed by atoms with Crippen LogP contribution in [0.1, 0.15) is 38.7 Å². The highest BCUT2D eigenvalue weighted by Gasteiger charge is 2.41. The lowest BCUT2D eigenvalue weighted by Crippen LogP contribution is -2.57. The van der Waals surface area contributed by atoms with E-state index in [1.165, 1.54) is 12.0 Å². The predicted molar refractivity (Wildman–Crippen MR) is 103 cm³/mol. The van der Waals surface area contributed by atoms with Crippen LogP contribution in [0.5, 0.6) is 0 Å². The van der Waals surface area contributed by atoms with E-state index in [9.17, 15) is 8.42 Å². The molecule has 0 radical (unpaired) electrons. The summed E-state index contributed by atoms with van der Waals surface area (Å²) in [4.78, 5) is 6.93. The molecule has 1 aliphatic heterocycles. The van der Waals surface area contributed by atoms with E-state index in [1.54, 1.807) is 0 Å². The van der Waals surface area contributed by atoms with Gasteiger partial charge in [-0.1, -0.05) is 30.3 Å². The Labute approximate surface area is 151 Å². The molecule has 0 spiro atoms. The second-order valence-corrected chi connectivity index (χ2v) is 10.5. The molecule has 3 rings (SSSR count). The zero-order valence-electron chi connectivity index (χ0n) is 15.4. The lowest BCUT2D eigenvalue weighted by Gasteiger charge is -2.39. The van der Waals surface area contributed by atoms with E-state index in [0.717, 1.165) is 19.0 Å². The molecule has 138 valence electrons. The number of sulfone groups is 1. The van der Waals surface area contributed by atoms with Gasteiger partial charge in [0, 0.05) is 26.2 Å². The Balaban J connectivity index is 1.65. The van der Waals surface area contributed by atoms with Crippen LogP contribution in [-0.4, -0.2) is 56.0 Å². The third kappa shape index (κ3) is 4.00. The first-order valence-corrected chi connectivity index (χ1v) is 10.8. The topological polar surface area (TPSA) is 61.8 Å². The first kappa shape index (κ1) is 18.2. The fourth-order valence-electron chi connectivity index (χ4n) is 3.51. The summed E-state index contributed by atoms with van der Waals surface area (Å²) in [7, 11) is -3.03. The molecule has 0 aromatic heterocycles. The maximum absolute atomic E-state index is 12.2. The van der Waals surface area contributed by atoms with Crippen LogP contribution in [0, 0.1) is 5.92 Å². The van der Waals surface area contributed by atoms with Crippen LogP contribution >= 0.6 is 0 Å². The zero-order valence-corrected chi connectivity index (χ0v) is 16.2. The second-order valence-electron chi connectivity index (χ2n) is 7.71. The number of rotatable bonds is 4. The Morgan fingerprint density at radius 3 is 2.68 bits per heavy atom. The molecule has 2 fully saturated rings. The summed E-state index contributed by atoms with van der Waals surface area (Å²) in [6, 6.07) is 10.6. The fourth-order valence-corrected chi connectivity index (χ4v) is 4.88. The normalized spacial score (nSPS) is 27.8. The van der Waals surface area contributed by atoms with E-state index >= 15 is 0 Å². The average molecular weight is 364 g/mol. The molecule has 2 unspecified atom stereocenters. The number of hydrogen-bond donors (Lipinski definition) is 1. The number of nitrogens with one attached hydrogen (secondary N) is 1. The van der Waals surface area contributed by atoms with E-state index in [4.69, 9.17) is 4.99 Å². The molecule has 5 nitrogen and oxygen atoms in total. The molecule has 2 atom stereocenters. The van der Waals surface area contributed by atoms with Crippen molar-refractivity contribution in [1.29, 1.82) is 0 Å². The molecule has 1 aliphatic carbocycles. The quantitative estimate of drug-likeness (QED) is 0.658. The van der Waals surface area contributed by atoms with Crippen molar-refractivity contribution in [3.05, 3.63) is 35.9 Å². The largest absolute Gasteiger partial charge is 0.357 e. The van der Waals surface area contributed by atoms with E-state index < -0.39 is 14.6 Å². The van der Waals surface area contributed by atoms with Crippen LogP contribution in [0.2, 0.25) is 0 Å². The number of benzene rings is 1. The van der Waals surface area contributed by atoms with Gasteiger partial charge in [0.2, 0.25) is 0 Å². The molecule has 1 heterocycles. The SMILES string of the molecule is CCNC(=NCC1CC1c1ccccc1)N1CCS(=O)(=O)C(C)(C)C1. The minimum absolute atomic E-state index is 0.195. The zero-order chi connectivity index (χ0) is 18.1. The fraction of sp³-hybridized carbons (Fsp3) is 0.632. The summed E-state index contributed by atoms with van der Waals surface area (Å²) in [6.07, 6.45) is 1.19. The number of guanidine groups is 1. The van der Waals surface area contributed by atoms with Gasteiger partial charge in [0.15, 0.2) is 15.8 Å². The van der Waals surface area contributed by atoms with Gasteiger partial charge in [0.25, 0.3) is 0 Å². The van der Waals surface area contributed by atoms with Crippen molar-refractivity contribution in [1.82, 2.24) is 10.2 Å². The summed E-state index contributed by atoms with van der Waals surface area (Å²) in [5, 5.41) is 3.34. The minimum Gasteiger partial charge on any atom is -0.357 e. The molecule has 1 saturated carbocycles. The van der Waals surface area contributed by atoms with Crippen molar-refractivity contribution in [3.63, 3.8) is 0 Å². The Hall–Kier alpha value is -1.56. The average Bonchev–Trinajstić information content (AvgIpc) is 3.35. The van der Waals surface area contributed by atoms with Crippen LogP contribution in [0.15, 0.2) is 35.3 Å². The molecule has 25 heavy (non-hydrogen) atoms. The van der Waals surface area contributed by atoms with Gasteiger partial charge in [-0.05, 0) is 44.6 Å². The second kappa shape index (κ2) is 6.98. The van der Waals surface area contributed by atoms with Gasteiger partial charge in [0.1, 0.15) is 0 Å². The summed E-state index contributed by atoms with van der Waals surface area (Å²) >= 11 is 0. The molecule has 0 amide bonds. The summed E-state index contributed by atoms with van der Waals surface area (Å²) < 4.78 is 23.7. The first-order chi connectivity index (χ1) is 11.8. The van der Waals surface area contributed by atoms with Crippen molar-refractivity contribution < 1.29 is 8.42 Å². The molecule has 6 heteroatoms. The van der Waals surface area contributed by atoms with E-state index in [2.05, 4.69) is 40.5 Å². The lowest BCUT2D eigenvalue weighted by atomic mass is 10.1. The molecule has 1 N–H and O–H groups in total. The lowest BCUT2D eigenvalue weighted by molar-refractivity contribution is 0.353. The molecule has 1 aromatic rings. The summed E-state index contributed by atoms with van der Waals surface area (Å²) in [5.74, 6) is 2.26. The third-order valence-electron chi connectivity index (χ3n) is 5.30. The van der Waals surface area contributed by atoms with Gasteiger partial charge >= 0.3 is 0 Å². The smallest absolute Gasteiger partial charge is 0.194 e. The van der Waals surface area contributed by atoms with Gasteiger partial charge in [-0.15, -0.1) is 0 Å². The Morgan fingerprint density at radius 1 is 1.32 bits per heavy atom. The summed E-state index contributed by atoms with van der Waals surface area (Å²) in [5.41, 5.74) is 1.40. The van der Waals surface area contributed by atoms with Crippen LogP contribution in [0.4, 0.5) is 0 Å². The highest BCUT2D eigenvalue weighted by atomic mass is 32.2. The van der Waals surface area contributed by atoms with Crippen molar-refractivity contribution in [2.24, 2.45) is 10.9 Å². The van der Waals surface area contributed by atoms with Gasteiger partial charge in [0.05, 0.1) is 10.5 Å². The van der Waals surface area contributed by atoms with Gasteiger partial charge < -0.3 is 10.2 Å². The van der Waals surface area contributed by atoms with Crippen LogP contribution in [-0.2, 0) is 9.84 Å². The van der Waals surface area contributed by atoms with Crippen LogP contribution in [0.25, 0.3) is 0 Å². The molecule has 2 aliphatic rings. The van der Waals surface area contributed by atoms with Crippen molar-refractivity contribution in [2.75, 3.05) is 31.9 Å². The molecule has 0 bridgehead atoms. The molecular weight excluding hydrogens is 334 g/mol. The maximum atomic E-state index is 12.2. The monoisotopic (exact) mass is 363 g/mol. The maximum Gasteiger partial charge on any atom is 0.194 e. The highest BCUT2D eigenvalue weighted by molar-refractivity contribution is 7.92. The van der Waals surface area contributed by atoms with Crippen LogP contribution < -0.4 is 5.32 Å².